The summed E-state index contributed by atoms with van der Waals surface area (Å²) < 4.78 is 1.45. The summed E-state index contributed by atoms with van der Waals surface area (Å²) in [5, 5.41) is 27.5. The van der Waals surface area contributed by atoms with Gasteiger partial charge in [0, 0.05) is 17.3 Å². The van der Waals surface area contributed by atoms with Gasteiger partial charge >= 0.3 is 0 Å². The zero-order chi connectivity index (χ0) is 23.4. The van der Waals surface area contributed by atoms with Crippen LogP contribution in [-0.4, -0.2) is 43.0 Å². The Morgan fingerprint density at radius 3 is 2.56 bits per heavy atom. The topological polar surface area (TPSA) is 145 Å². The molecule has 0 fully saturated rings. The number of nitro benzene ring substituents is 1. The second-order valence-electron chi connectivity index (χ2n) is 7.36. The summed E-state index contributed by atoms with van der Waals surface area (Å²) in [6.07, 6.45) is 1.43. The zero-order valence-corrected chi connectivity index (χ0v) is 18.2. The first-order valence-corrected chi connectivity index (χ1v) is 9.95. The van der Waals surface area contributed by atoms with Crippen molar-refractivity contribution in [2.24, 2.45) is 5.92 Å². The maximum absolute atomic E-state index is 13.0. The van der Waals surface area contributed by atoms with Crippen LogP contribution in [0, 0.1) is 23.0 Å². The van der Waals surface area contributed by atoms with Gasteiger partial charge < -0.3 is 10.6 Å². The van der Waals surface area contributed by atoms with Gasteiger partial charge in [0.25, 0.3) is 11.6 Å². The second-order valence-corrected chi connectivity index (χ2v) is 7.77. The van der Waals surface area contributed by atoms with Crippen molar-refractivity contribution >= 4 is 34.8 Å². The molecule has 1 aromatic heterocycles. The Morgan fingerprint density at radius 2 is 1.94 bits per heavy atom. The number of nitrogens with one attached hydrogen (secondary N) is 2. The lowest BCUT2D eigenvalue weighted by Gasteiger charge is -2.22. The van der Waals surface area contributed by atoms with Crippen LogP contribution >= 0.6 is 11.6 Å². The van der Waals surface area contributed by atoms with Gasteiger partial charge in [0.05, 0.1) is 10.6 Å². The number of aryl methyl sites for hydroxylation is 1. The number of halogens is 1. The van der Waals surface area contributed by atoms with E-state index in [0.29, 0.717) is 11.4 Å². The minimum absolute atomic E-state index is 0.0245. The third-order valence-corrected chi connectivity index (χ3v) is 5.05. The number of nitro groups is 1. The summed E-state index contributed by atoms with van der Waals surface area (Å²) in [6, 6.07) is 8.14. The predicted octanol–water partition coefficient (Wildman–Crippen LogP) is 2.93. The van der Waals surface area contributed by atoms with Gasteiger partial charge in [0.2, 0.25) is 5.91 Å². The largest absolute Gasteiger partial charge is 0.340 e. The number of rotatable bonds is 7. The average molecular weight is 458 g/mol. The molecule has 3 rings (SSSR count). The standard InChI is InChI=1S/C20H20ClN7O4/c1-11(2)18(24-19(29)13-5-7-15(21)17(8-13)28(31)32)20(30)23-16-9-14(6-4-12(16)3)27-10-22-25-26-27/h4-11,18H,1-3H3,(H,23,30)(H,24,29). The van der Waals surface area contributed by atoms with E-state index in [1.54, 1.807) is 26.0 Å². The fraction of sp³-hybridized carbons (Fsp3) is 0.250. The number of amides is 2. The monoisotopic (exact) mass is 457 g/mol. The van der Waals surface area contributed by atoms with Gasteiger partial charge in [0.15, 0.2) is 0 Å². The van der Waals surface area contributed by atoms with Gasteiger partial charge in [-0.3, -0.25) is 19.7 Å². The van der Waals surface area contributed by atoms with E-state index < -0.39 is 22.8 Å². The Hall–Kier alpha value is -3.86. The molecular formula is C20H20ClN7O4. The molecule has 12 heteroatoms. The van der Waals surface area contributed by atoms with E-state index in [4.69, 9.17) is 11.6 Å². The van der Waals surface area contributed by atoms with Gasteiger partial charge in [-0.05, 0) is 53.1 Å². The van der Waals surface area contributed by atoms with E-state index in [-0.39, 0.29) is 22.2 Å². The highest BCUT2D eigenvalue weighted by Gasteiger charge is 2.26. The summed E-state index contributed by atoms with van der Waals surface area (Å²) in [5.41, 5.74) is 1.62. The Kier molecular flexibility index (Phi) is 6.79. The van der Waals surface area contributed by atoms with E-state index in [2.05, 4.69) is 26.2 Å². The maximum atomic E-state index is 13.0. The normalized spacial score (nSPS) is 11.8. The fourth-order valence-electron chi connectivity index (χ4n) is 2.93. The molecule has 11 nitrogen and oxygen atoms in total. The molecule has 2 N–H and O–H groups in total. The summed E-state index contributed by atoms with van der Waals surface area (Å²) in [7, 11) is 0. The Labute approximate surface area is 187 Å². The van der Waals surface area contributed by atoms with Crippen LogP contribution in [0.25, 0.3) is 5.69 Å². The molecule has 0 aliphatic heterocycles. The van der Waals surface area contributed by atoms with Gasteiger partial charge in [0.1, 0.15) is 17.4 Å². The number of carbonyl (C=O) groups excluding carboxylic acids is 2. The molecule has 0 saturated heterocycles. The maximum Gasteiger partial charge on any atom is 0.288 e. The average Bonchev–Trinajstić information content (AvgIpc) is 3.28. The number of carbonyl (C=O) groups is 2. The molecule has 166 valence electrons. The highest BCUT2D eigenvalue weighted by Crippen LogP contribution is 2.25. The molecule has 1 unspecified atom stereocenters. The minimum Gasteiger partial charge on any atom is -0.340 e. The van der Waals surface area contributed by atoms with Gasteiger partial charge in [-0.2, -0.15) is 0 Å². The van der Waals surface area contributed by atoms with E-state index in [1.165, 1.54) is 23.1 Å². The van der Waals surface area contributed by atoms with Crippen LogP contribution in [0.1, 0.15) is 29.8 Å². The van der Waals surface area contributed by atoms with Crippen molar-refractivity contribution in [3.8, 4) is 5.69 Å². The molecule has 3 aromatic rings. The van der Waals surface area contributed by atoms with Crippen molar-refractivity contribution in [3.63, 3.8) is 0 Å². The van der Waals surface area contributed by atoms with E-state index in [9.17, 15) is 19.7 Å². The molecule has 1 heterocycles. The summed E-state index contributed by atoms with van der Waals surface area (Å²) >= 11 is 5.81. The summed E-state index contributed by atoms with van der Waals surface area (Å²) in [5.74, 6) is -1.32. The van der Waals surface area contributed by atoms with Crippen LogP contribution in [0.4, 0.5) is 11.4 Å². The summed E-state index contributed by atoms with van der Waals surface area (Å²) in [6.45, 7) is 5.38. The lowest BCUT2D eigenvalue weighted by molar-refractivity contribution is -0.384. The molecule has 2 aromatic carbocycles. The molecule has 0 bridgehead atoms. The van der Waals surface area contributed by atoms with Crippen molar-refractivity contribution in [2.75, 3.05) is 5.32 Å². The van der Waals surface area contributed by atoms with E-state index in [0.717, 1.165) is 11.6 Å². The van der Waals surface area contributed by atoms with E-state index >= 15 is 0 Å². The smallest absolute Gasteiger partial charge is 0.288 e. The van der Waals surface area contributed by atoms with Gasteiger partial charge in [-0.1, -0.05) is 31.5 Å². The van der Waals surface area contributed by atoms with Crippen LogP contribution in [0.3, 0.4) is 0 Å². The second kappa shape index (κ2) is 9.52. The van der Waals surface area contributed by atoms with Crippen molar-refractivity contribution in [1.82, 2.24) is 25.5 Å². The zero-order valence-electron chi connectivity index (χ0n) is 17.4. The first-order chi connectivity index (χ1) is 15.2. The van der Waals surface area contributed by atoms with Crippen LogP contribution in [-0.2, 0) is 4.79 Å². The molecule has 0 radical (unpaired) electrons. The molecule has 0 saturated carbocycles. The first-order valence-electron chi connectivity index (χ1n) is 9.57. The fourth-order valence-corrected chi connectivity index (χ4v) is 3.12. The lowest BCUT2D eigenvalue weighted by atomic mass is 10.0. The van der Waals surface area contributed by atoms with Gasteiger partial charge in [-0.25, -0.2) is 4.68 Å². The molecular weight excluding hydrogens is 438 g/mol. The molecule has 1 atom stereocenters. The lowest BCUT2D eigenvalue weighted by Crippen LogP contribution is -2.47. The van der Waals surface area contributed by atoms with Crippen molar-refractivity contribution in [1.29, 1.82) is 0 Å². The molecule has 0 aliphatic carbocycles. The number of benzene rings is 2. The number of aromatic nitrogens is 4. The molecule has 0 spiro atoms. The number of hydrogen-bond acceptors (Lipinski definition) is 7. The molecule has 2 amide bonds. The molecule has 0 aliphatic rings. The highest BCUT2D eigenvalue weighted by molar-refractivity contribution is 6.32. The SMILES string of the molecule is Cc1ccc(-n2cnnn2)cc1NC(=O)C(NC(=O)c1ccc(Cl)c([N+](=O)[O-])c1)C(C)C. The van der Waals surface area contributed by atoms with Crippen LogP contribution in [0.2, 0.25) is 5.02 Å². The van der Waals surface area contributed by atoms with Crippen molar-refractivity contribution in [3.05, 3.63) is 69.0 Å². The van der Waals surface area contributed by atoms with Crippen LogP contribution in [0.15, 0.2) is 42.7 Å². The number of tetrazole rings is 1. The minimum atomic E-state index is -0.895. The van der Waals surface area contributed by atoms with Gasteiger partial charge in [-0.15, -0.1) is 5.10 Å². The Morgan fingerprint density at radius 1 is 1.19 bits per heavy atom. The third-order valence-electron chi connectivity index (χ3n) is 4.73. The van der Waals surface area contributed by atoms with Crippen LogP contribution < -0.4 is 10.6 Å². The highest BCUT2D eigenvalue weighted by atomic mass is 35.5. The van der Waals surface area contributed by atoms with Crippen molar-refractivity contribution in [2.45, 2.75) is 26.8 Å². The Balaban J connectivity index is 1.80. The number of anilines is 1. The number of hydrogen-bond donors (Lipinski definition) is 2. The third kappa shape index (κ3) is 5.06. The predicted molar refractivity (Wildman–Crippen MR) is 117 cm³/mol. The quantitative estimate of drug-likeness (QED) is 0.409. The summed E-state index contributed by atoms with van der Waals surface area (Å²) in [4.78, 5) is 36.1. The molecule has 32 heavy (non-hydrogen) atoms. The first kappa shape index (κ1) is 22.8. The van der Waals surface area contributed by atoms with E-state index in [1.807, 2.05) is 13.0 Å². The van der Waals surface area contributed by atoms with Crippen LogP contribution in [0.5, 0.6) is 0 Å². The Bertz CT molecular complexity index is 1160. The number of nitrogens with zero attached hydrogens (tertiary/aromatic N) is 5. The van der Waals surface area contributed by atoms with Crippen molar-refractivity contribution < 1.29 is 14.5 Å².